The molecule has 110 valence electrons. The number of halogens is 1. The van der Waals surface area contributed by atoms with Gasteiger partial charge in [-0.2, -0.15) is 11.8 Å². The van der Waals surface area contributed by atoms with Crippen molar-refractivity contribution in [2.24, 2.45) is 0 Å². The van der Waals surface area contributed by atoms with Crippen LogP contribution in [0, 0.1) is 0 Å². The van der Waals surface area contributed by atoms with Gasteiger partial charge in [0.05, 0.1) is 17.4 Å². The summed E-state index contributed by atoms with van der Waals surface area (Å²) in [6.45, 7) is 0.354. The zero-order valence-corrected chi connectivity index (χ0v) is 13.1. The Morgan fingerprint density at radius 2 is 2.30 bits per heavy atom. The number of carbonyl (C=O) groups excluding carboxylic acids is 1. The highest BCUT2D eigenvalue weighted by Crippen LogP contribution is 2.25. The van der Waals surface area contributed by atoms with E-state index in [0.717, 1.165) is 6.26 Å². The van der Waals surface area contributed by atoms with Gasteiger partial charge in [0.15, 0.2) is 9.84 Å². The van der Waals surface area contributed by atoms with E-state index in [9.17, 15) is 13.2 Å². The third-order valence-corrected chi connectivity index (χ3v) is 5.87. The van der Waals surface area contributed by atoms with Crippen LogP contribution in [0.25, 0.3) is 0 Å². The Bertz CT molecular complexity index is 636. The number of hydrogen-bond donors (Lipinski definition) is 1. The lowest BCUT2D eigenvalue weighted by molar-refractivity contribution is 0.0749. The second kappa shape index (κ2) is 5.79. The third-order valence-electron chi connectivity index (χ3n) is 2.93. The Balaban J connectivity index is 2.37. The molecule has 1 aromatic heterocycles. The maximum absolute atomic E-state index is 12.5. The zero-order valence-electron chi connectivity index (χ0n) is 10.7. The van der Waals surface area contributed by atoms with Crippen LogP contribution in [0.2, 0.25) is 5.15 Å². The van der Waals surface area contributed by atoms with E-state index in [0.29, 0.717) is 23.7 Å². The molecule has 1 aliphatic rings. The molecule has 1 fully saturated rings. The van der Waals surface area contributed by atoms with Gasteiger partial charge in [-0.1, -0.05) is 11.6 Å². The Labute approximate surface area is 126 Å². The number of sulfone groups is 1. The third kappa shape index (κ3) is 3.18. The molecule has 1 aromatic rings. The molecule has 6 nitrogen and oxygen atoms in total. The molecule has 2 heterocycles. The van der Waals surface area contributed by atoms with Gasteiger partial charge >= 0.3 is 0 Å². The van der Waals surface area contributed by atoms with Gasteiger partial charge in [-0.3, -0.25) is 4.79 Å². The van der Waals surface area contributed by atoms with E-state index in [1.54, 1.807) is 0 Å². The van der Waals surface area contributed by atoms with E-state index in [1.165, 1.54) is 28.9 Å². The van der Waals surface area contributed by atoms with Crippen LogP contribution in [-0.2, 0) is 9.84 Å². The number of aromatic nitrogens is 1. The summed E-state index contributed by atoms with van der Waals surface area (Å²) < 4.78 is 23.6. The van der Waals surface area contributed by atoms with Crippen molar-refractivity contribution in [3.8, 4) is 0 Å². The minimum atomic E-state index is -3.36. The number of nitrogen functional groups attached to an aromatic ring is 1. The molecule has 0 aliphatic carbocycles. The fourth-order valence-corrected chi connectivity index (χ4v) is 4.94. The second-order valence-corrected chi connectivity index (χ2v) is 8.18. The number of carbonyl (C=O) groups is 1. The normalized spacial score (nSPS) is 19.9. The maximum Gasteiger partial charge on any atom is 0.258 e. The topological polar surface area (TPSA) is 93.4 Å². The molecule has 9 heteroatoms. The summed E-state index contributed by atoms with van der Waals surface area (Å²) in [4.78, 5) is 17.6. The monoisotopic (exact) mass is 335 g/mol. The predicted octanol–water partition coefficient (Wildman–Crippen LogP) is 0.877. The Morgan fingerprint density at radius 3 is 2.95 bits per heavy atom. The summed E-state index contributed by atoms with van der Waals surface area (Å²) in [6.07, 6.45) is 2.47. The van der Waals surface area contributed by atoms with Gasteiger partial charge in [0.2, 0.25) is 0 Å². The first-order valence-corrected chi connectivity index (χ1v) is 9.28. The highest BCUT2D eigenvalue weighted by Gasteiger charge is 2.35. The van der Waals surface area contributed by atoms with E-state index in [2.05, 4.69) is 4.98 Å². The molecule has 0 spiro atoms. The Hall–Kier alpha value is -0.990. The fraction of sp³-hybridized carbons (Fsp3) is 0.455. The number of hydrogen-bond acceptors (Lipinski definition) is 6. The summed E-state index contributed by atoms with van der Waals surface area (Å²) in [5, 5.41) is -0.819. The highest BCUT2D eigenvalue weighted by atomic mass is 35.5. The number of amides is 1. The van der Waals surface area contributed by atoms with Crippen LogP contribution < -0.4 is 5.73 Å². The molecule has 2 N–H and O–H groups in total. The molecule has 0 bridgehead atoms. The van der Waals surface area contributed by atoms with E-state index in [-0.39, 0.29) is 10.7 Å². The summed E-state index contributed by atoms with van der Waals surface area (Å²) in [6, 6.07) is 1.42. The van der Waals surface area contributed by atoms with Crippen molar-refractivity contribution in [3.63, 3.8) is 0 Å². The maximum atomic E-state index is 12.5. The molecule has 0 saturated carbocycles. The lowest BCUT2D eigenvalue weighted by Crippen LogP contribution is -2.50. The number of nitrogens with zero attached hydrogens (tertiary/aromatic N) is 2. The van der Waals surface area contributed by atoms with Gasteiger partial charge in [0.25, 0.3) is 5.91 Å². The number of pyridine rings is 1. The first kappa shape index (κ1) is 15.4. The molecule has 1 unspecified atom stereocenters. The van der Waals surface area contributed by atoms with Gasteiger partial charge in [0.1, 0.15) is 10.5 Å². The van der Waals surface area contributed by atoms with Gasteiger partial charge in [0, 0.05) is 24.3 Å². The van der Waals surface area contributed by atoms with Crippen molar-refractivity contribution >= 4 is 44.8 Å². The second-order valence-electron chi connectivity index (χ2n) is 4.46. The number of thioether (sulfide) groups is 1. The van der Waals surface area contributed by atoms with Gasteiger partial charge < -0.3 is 10.6 Å². The average molecular weight is 336 g/mol. The zero-order chi connectivity index (χ0) is 14.9. The standard InChI is InChI=1S/C11H14ClN3O3S2/c1-20(17,18)9-6-19-3-2-15(9)11(16)8-4-7(13)5-14-10(8)12/h4-5,9H,2-3,6,13H2,1H3. The molecule has 0 aromatic carbocycles. The summed E-state index contributed by atoms with van der Waals surface area (Å²) in [5.74, 6) is 0.591. The number of rotatable bonds is 2. The van der Waals surface area contributed by atoms with Crippen molar-refractivity contribution in [2.45, 2.75) is 5.37 Å². The molecule has 1 saturated heterocycles. The minimum absolute atomic E-state index is 0.0228. The number of nitrogens with two attached hydrogens (primary N) is 1. The van der Waals surface area contributed by atoms with Crippen molar-refractivity contribution in [2.75, 3.05) is 30.0 Å². The Morgan fingerprint density at radius 1 is 1.60 bits per heavy atom. The summed E-state index contributed by atoms with van der Waals surface area (Å²) in [5.41, 5.74) is 6.04. The quantitative estimate of drug-likeness (QED) is 0.806. The van der Waals surface area contributed by atoms with E-state index >= 15 is 0 Å². The van der Waals surface area contributed by atoms with Crippen LogP contribution in [0.1, 0.15) is 10.4 Å². The van der Waals surface area contributed by atoms with E-state index in [4.69, 9.17) is 17.3 Å². The van der Waals surface area contributed by atoms with Crippen molar-refractivity contribution in [1.82, 2.24) is 9.88 Å². The van der Waals surface area contributed by atoms with E-state index < -0.39 is 21.1 Å². The van der Waals surface area contributed by atoms with Crippen LogP contribution in [0.15, 0.2) is 12.3 Å². The number of anilines is 1. The smallest absolute Gasteiger partial charge is 0.258 e. The largest absolute Gasteiger partial charge is 0.397 e. The van der Waals surface area contributed by atoms with Crippen LogP contribution in [0.4, 0.5) is 5.69 Å². The van der Waals surface area contributed by atoms with Crippen molar-refractivity contribution in [3.05, 3.63) is 23.0 Å². The summed E-state index contributed by atoms with van der Waals surface area (Å²) in [7, 11) is -3.36. The molecule has 2 rings (SSSR count). The van der Waals surface area contributed by atoms with Crippen molar-refractivity contribution in [1.29, 1.82) is 0 Å². The molecule has 1 amide bonds. The average Bonchev–Trinajstić information content (AvgIpc) is 2.40. The molecule has 1 atom stereocenters. The summed E-state index contributed by atoms with van der Waals surface area (Å²) >= 11 is 7.41. The highest BCUT2D eigenvalue weighted by molar-refractivity contribution is 8.00. The predicted molar refractivity (Wildman–Crippen MR) is 80.7 cm³/mol. The van der Waals surface area contributed by atoms with E-state index in [1.807, 2.05) is 0 Å². The Kier molecular flexibility index (Phi) is 4.46. The van der Waals surface area contributed by atoms with Crippen molar-refractivity contribution < 1.29 is 13.2 Å². The van der Waals surface area contributed by atoms with Gasteiger partial charge in [-0.15, -0.1) is 0 Å². The molecule has 1 aliphatic heterocycles. The SMILES string of the molecule is CS(=O)(=O)C1CSCCN1C(=O)c1cc(N)cnc1Cl. The first-order chi connectivity index (χ1) is 9.30. The van der Waals surface area contributed by atoms with Crippen LogP contribution in [-0.4, -0.2) is 53.9 Å². The van der Waals surface area contributed by atoms with Crippen LogP contribution in [0.5, 0.6) is 0 Å². The molecular weight excluding hydrogens is 322 g/mol. The van der Waals surface area contributed by atoms with Crippen LogP contribution >= 0.6 is 23.4 Å². The molecule has 20 heavy (non-hydrogen) atoms. The lowest BCUT2D eigenvalue weighted by Gasteiger charge is -2.34. The minimum Gasteiger partial charge on any atom is -0.397 e. The fourth-order valence-electron chi connectivity index (χ4n) is 1.94. The van der Waals surface area contributed by atoms with Gasteiger partial charge in [-0.05, 0) is 6.07 Å². The first-order valence-electron chi connectivity index (χ1n) is 5.79. The molecular formula is C11H14ClN3O3S2. The van der Waals surface area contributed by atoms with Crippen LogP contribution in [0.3, 0.4) is 0 Å². The molecule has 0 radical (unpaired) electrons. The van der Waals surface area contributed by atoms with Gasteiger partial charge in [-0.25, -0.2) is 13.4 Å². The lowest BCUT2D eigenvalue weighted by atomic mass is 10.2.